The predicted octanol–water partition coefficient (Wildman–Crippen LogP) is 9.09. The van der Waals surface area contributed by atoms with Crippen LogP contribution in [-0.4, -0.2) is 33.6 Å². The Bertz CT molecular complexity index is 823. The van der Waals surface area contributed by atoms with Gasteiger partial charge in [0.2, 0.25) is 8.32 Å². The Kier molecular flexibility index (Phi) is 13.4. The van der Waals surface area contributed by atoms with Crippen LogP contribution in [0.25, 0.3) is 0 Å². The summed E-state index contributed by atoms with van der Waals surface area (Å²) in [5.41, 5.74) is 1.89. The van der Waals surface area contributed by atoms with Crippen LogP contribution in [0.15, 0.2) is 49.6 Å². The molecule has 0 fully saturated rings. The number of ether oxygens (including phenoxy) is 2. The molecule has 0 radical (unpaired) electrons. The highest BCUT2D eigenvalue weighted by molar-refractivity contribution is 6.77. The number of hydrogen-bond acceptors (Lipinski definition) is 4. The highest BCUT2D eigenvalue weighted by Crippen LogP contribution is 2.45. The number of esters is 1. The molecule has 6 atom stereocenters. The molecule has 4 nitrogen and oxygen atoms in total. The second kappa shape index (κ2) is 14.9. The van der Waals surface area contributed by atoms with E-state index in [0.717, 1.165) is 6.42 Å². The van der Waals surface area contributed by atoms with E-state index in [1.54, 1.807) is 31.4 Å². The summed E-state index contributed by atoms with van der Waals surface area (Å²) < 4.78 is 18.9. The summed E-state index contributed by atoms with van der Waals surface area (Å²) in [6, 6.07) is 7.10. The topological polar surface area (TPSA) is 44.8 Å². The lowest BCUT2D eigenvalue weighted by Crippen LogP contribution is -2.54. The second-order valence-electron chi connectivity index (χ2n) is 11.9. The average molecular weight is 531 g/mol. The van der Waals surface area contributed by atoms with E-state index >= 15 is 0 Å². The van der Waals surface area contributed by atoms with Crippen LogP contribution >= 0.6 is 0 Å². The van der Waals surface area contributed by atoms with Crippen molar-refractivity contribution in [3.8, 4) is 5.75 Å². The number of hydrogen-bond donors (Lipinski definition) is 0. The van der Waals surface area contributed by atoms with Crippen LogP contribution in [0.1, 0.15) is 86.0 Å². The molecule has 1 aromatic carbocycles. The van der Waals surface area contributed by atoms with Crippen LogP contribution in [0.2, 0.25) is 16.6 Å². The third kappa shape index (κ3) is 8.31. The van der Waals surface area contributed by atoms with Gasteiger partial charge in [-0.3, -0.25) is 0 Å². The molecule has 0 spiro atoms. The van der Waals surface area contributed by atoms with Gasteiger partial charge in [0.05, 0.1) is 18.8 Å². The van der Waals surface area contributed by atoms with Gasteiger partial charge in [-0.15, -0.1) is 13.2 Å². The third-order valence-electron chi connectivity index (χ3n) is 8.25. The maximum atomic E-state index is 13.4. The summed E-state index contributed by atoms with van der Waals surface area (Å²) in [5, 5.41) is 0. The maximum absolute atomic E-state index is 13.4. The van der Waals surface area contributed by atoms with Crippen LogP contribution < -0.4 is 4.74 Å². The molecular weight excluding hydrogens is 476 g/mol. The molecule has 0 aliphatic carbocycles. The van der Waals surface area contributed by atoms with E-state index in [-0.39, 0.29) is 35.9 Å². The molecule has 5 heteroatoms. The molecule has 1 aromatic rings. The number of benzene rings is 1. The van der Waals surface area contributed by atoms with Crippen molar-refractivity contribution in [2.75, 3.05) is 7.11 Å². The molecule has 0 N–H and O–H groups in total. The average Bonchev–Trinajstić information content (AvgIpc) is 2.86. The lowest BCUT2D eigenvalue weighted by atomic mass is 9.81. The van der Waals surface area contributed by atoms with Gasteiger partial charge in [0, 0.05) is 5.92 Å². The molecule has 37 heavy (non-hydrogen) atoms. The zero-order valence-corrected chi connectivity index (χ0v) is 26.4. The van der Waals surface area contributed by atoms with Crippen molar-refractivity contribution in [2.45, 2.75) is 104 Å². The molecule has 210 valence electrons. The Morgan fingerprint density at radius 1 is 0.838 bits per heavy atom. The minimum absolute atomic E-state index is 0.0228. The van der Waals surface area contributed by atoms with Crippen molar-refractivity contribution >= 4 is 14.3 Å². The molecule has 0 heterocycles. The SMILES string of the molecule is C=C[C@H](C)C[C@@H](C)[C@@H](OC(=O)c1ccc(OC)cc1)[C@@H](C)[C@@H](O[Si](C(C)C)(C(C)C)C(C)C)[C@@H](C)C=C. The fourth-order valence-electron chi connectivity index (χ4n) is 6.14. The molecule has 0 aliphatic heterocycles. The largest absolute Gasteiger partial charge is 0.497 e. The normalized spacial score (nSPS) is 17.1. The Morgan fingerprint density at radius 2 is 1.35 bits per heavy atom. The van der Waals surface area contributed by atoms with Gasteiger partial charge in [-0.1, -0.05) is 81.4 Å². The quantitative estimate of drug-likeness (QED) is 0.121. The van der Waals surface area contributed by atoms with Gasteiger partial charge in [0.25, 0.3) is 0 Å². The lowest BCUT2D eigenvalue weighted by molar-refractivity contribution is -0.0420. The summed E-state index contributed by atoms with van der Waals surface area (Å²) in [4.78, 5) is 13.4. The van der Waals surface area contributed by atoms with Gasteiger partial charge in [-0.2, -0.15) is 0 Å². The minimum Gasteiger partial charge on any atom is -0.497 e. The molecule has 0 aromatic heterocycles. The van der Waals surface area contributed by atoms with E-state index < -0.39 is 8.32 Å². The monoisotopic (exact) mass is 530 g/mol. The van der Waals surface area contributed by atoms with Crippen LogP contribution in [-0.2, 0) is 9.16 Å². The number of carbonyl (C=O) groups excluding carboxylic acids is 1. The fraction of sp³-hybridized carbons (Fsp3) is 0.656. The van der Waals surface area contributed by atoms with E-state index in [1.165, 1.54) is 0 Å². The minimum atomic E-state index is -2.18. The summed E-state index contributed by atoms with van der Waals surface area (Å²) in [5.74, 6) is 0.926. The second-order valence-corrected chi connectivity index (χ2v) is 17.3. The van der Waals surface area contributed by atoms with E-state index in [4.69, 9.17) is 13.9 Å². The summed E-state index contributed by atoms with van der Waals surface area (Å²) in [6.07, 6.45) is 4.41. The van der Waals surface area contributed by atoms with Gasteiger partial charge in [0.15, 0.2) is 0 Å². The highest BCUT2D eigenvalue weighted by Gasteiger charge is 2.49. The summed E-state index contributed by atoms with van der Waals surface area (Å²) in [7, 11) is -0.570. The Hall–Kier alpha value is -1.85. The number of allylic oxidation sites excluding steroid dienone is 1. The first-order chi connectivity index (χ1) is 17.3. The van der Waals surface area contributed by atoms with Gasteiger partial charge in [-0.25, -0.2) is 4.79 Å². The van der Waals surface area contributed by atoms with E-state index in [2.05, 4.69) is 82.4 Å². The van der Waals surface area contributed by atoms with Crippen LogP contribution in [0.3, 0.4) is 0 Å². The smallest absolute Gasteiger partial charge is 0.338 e. The first-order valence-electron chi connectivity index (χ1n) is 14.0. The summed E-state index contributed by atoms with van der Waals surface area (Å²) >= 11 is 0. The first kappa shape index (κ1) is 33.2. The van der Waals surface area contributed by atoms with E-state index in [0.29, 0.717) is 33.9 Å². The molecule has 0 saturated heterocycles. The van der Waals surface area contributed by atoms with Crippen molar-refractivity contribution in [2.24, 2.45) is 23.7 Å². The fourth-order valence-corrected chi connectivity index (χ4v) is 11.9. The summed E-state index contributed by atoms with van der Waals surface area (Å²) in [6.45, 7) is 30.6. The zero-order chi connectivity index (χ0) is 28.5. The Morgan fingerprint density at radius 3 is 1.76 bits per heavy atom. The van der Waals surface area contributed by atoms with E-state index in [9.17, 15) is 4.79 Å². The standard InChI is InChI=1S/C32H54O4Si/c1-14-24(9)20-26(11)30(35-32(33)28-16-18-29(34-13)19-17-28)27(12)31(25(10)15-2)36-37(21(3)4,22(5)6)23(7)8/h14-19,21-27,30-31H,1-2,20H2,3-13H3/t24-,25-,26+,27+,30+,31-/m0/s1. The molecule has 0 unspecified atom stereocenters. The van der Waals surface area contributed by atoms with E-state index in [1.807, 2.05) is 12.2 Å². The molecule has 0 bridgehead atoms. The van der Waals surface area contributed by atoms with Crippen molar-refractivity contribution in [3.05, 3.63) is 55.1 Å². The first-order valence-corrected chi connectivity index (χ1v) is 16.2. The van der Waals surface area contributed by atoms with Crippen molar-refractivity contribution < 1.29 is 18.7 Å². The van der Waals surface area contributed by atoms with Crippen molar-refractivity contribution in [1.82, 2.24) is 0 Å². The van der Waals surface area contributed by atoms with Gasteiger partial charge >= 0.3 is 5.97 Å². The van der Waals surface area contributed by atoms with Crippen LogP contribution in [0.5, 0.6) is 5.75 Å². The lowest BCUT2D eigenvalue weighted by Gasteiger charge is -2.48. The number of carbonyl (C=O) groups is 1. The van der Waals surface area contributed by atoms with Crippen molar-refractivity contribution in [1.29, 1.82) is 0 Å². The molecule has 0 aliphatic rings. The molecule has 1 rings (SSSR count). The van der Waals surface area contributed by atoms with Crippen LogP contribution in [0.4, 0.5) is 0 Å². The zero-order valence-electron chi connectivity index (χ0n) is 25.4. The molecule has 0 amide bonds. The number of methoxy groups -OCH3 is 1. The Labute approximate surface area is 229 Å². The predicted molar refractivity (Wildman–Crippen MR) is 160 cm³/mol. The third-order valence-corrected chi connectivity index (χ3v) is 14.3. The maximum Gasteiger partial charge on any atom is 0.338 e. The van der Waals surface area contributed by atoms with Crippen molar-refractivity contribution in [3.63, 3.8) is 0 Å². The highest BCUT2D eigenvalue weighted by atomic mass is 28.4. The van der Waals surface area contributed by atoms with Gasteiger partial charge in [-0.05, 0) is 65.1 Å². The van der Waals surface area contributed by atoms with Gasteiger partial charge in [0.1, 0.15) is 11.9 Å². The Balaban J connectivity index is 3.49. The molecular formula is C32H54O4Si. The number of rotatable bonds is 16. The van der Waals surface area contributed by atoms with Gasteiger partial charge < -0.3 is 13.9 Å². The molecule has 0 saturated carbocycles. The van der Waals surface area contributed by atoms with Crippen LogP contribution in [0, 0.1) is 23.7 Å².